The summed E-state index contributed by atoms with van der Waals surface area (Å²) < 4.78 is 11.4. The van der Waals surface area contributed by atoms with E-state index in [-0.39, 0.29) is 24.3 Å². The molecule has 0 radical (unpaired) electrons. The average molecular weight is 343 g/mol. The van der Waals surface area contributed by atoms with Gasteiger partial charge in [0.25, 0.3) is 0 Å². The molecule has 0 spiro atoms. The van der Waals surface area contributed by atoms with Crippen LogP contribution in [0.1, 0.15) is 38.7 Å². The standard InChI is InChI=1S/C19H25N3O3/c1-3-15(23)12-25-16-9-10-17(18(11-16)24-4-2)22-14-7-5-13(6-8-14)19(20)21/h5-8,11,18H,3-4,9-10,12H2,1-2H3,(H3,20,21). The maximum atomic E-state index is 11.4. The molecule has 1 aromatic rings. The van der Waals surface area contributed by atoms with Crippen LogP contribution in [0.2, 0.25) is 0 Å². The molecule has 0 saturated carbocycles. The number of allylic oxidation sites excluding steroid dienone is 1. The van der Waals surface area contributed by atoms with Gasteiger partial charge in [-0.25, -0.2) is 0 Å². The van der Waals surface area contributed by atoms with E-state index in [0.717, 1.165) is 17.2 Å². The third kappa shape index (κ3) is 5.53. The molecule has 0 bridgehead atoms. The maximum absolute atomic E-state index is 11.4. The lowest BCUT2D eigenvalue weighted by atomic mass is 10.0. The normalized spacial score (nSPS) is 18.7. The average Bonchev–Trinajstić information content (AvgIpc) is 2.62. The Morgan fingerprint density at radius 2 is 2.00 bits per heavy atom. The smallest absolute Gasteiger partial charge is 0.169 e. The van der Waals surface area contributed by atoms with Gasteiger partial charge in [-0.15, -0.1) is 0 Å². The van der Waals surface area contributed by atoms with E-state index < -0.39 is 0 Å². The van der Waals surface area contributed by atoms with Crippen LogP contribution in [0.25, 0.3) is 0 Å². The monoisotopic (exact) mass is 343 g/mol. The van der Waals surface area contributed by atoms with E-state index in [4.69, 9.17) is 20.6 Å². The van der Waals surface area contributed by atoms with Crippen LogP contribution in [-0.4, -0.2) is 36.6 Å². The number of ether oxygens (including phenoxy) is 2. The quantitative estimate of drug-likeness (QED) is 0.560. The van der Waals surface area contributed by atoms with Gasteiger partial charge in [0.2, 0.25) is 0 Å². The van der Waals surface area contributed by atoms with Gasteiger partial charge < -0.3 is 15.2 Å². The molecule has 1 atom stereocenters. The molecular weight excluding hydrogens is 318 g/mol. The van der Waals surface area contributed by atoms with Crippen LogP contribution in [0.15, 0.2) is 41.1 Å². The molecule has 3 N–H and O–H groups in total. The van der Waals surface area contributed by atoms with Crippen molar-refractivity contribution in [3.63, 3.8) is 0 Å². The van der Waals surface area contributed by atoms with Gasteiger partial charge in [-0.1, -0.05) is 6.92 Å². The lowest BCUT2D eigenvalue weighted by molar-refractivity contribution is -0.122. The molecule has 1 aromatic carbocycles. The summed E-state index contributed by atoms with van der Waals surface area (Å²) in [7, 11) is 0. The number of aliphatic imine (C=N–C) groups is 1. The minimum Gasteiger partial charge on any atom is -0.490 e. The van der Waals surface area contributed by atoms with Crippen molar-refractivity contribution >= 4 is 23.0 Å². The highest BCUT2D eigenvalue weighted by Crippen LogP contribution is 2.23. The summed E-state index contributed by atoms with van der Waals surface area (Å²) in [5.41, 5.74) is 7.86. The van der Waals surface area contributed by atoms with Gasteiger partial charge in [-0.2, -0.15) is 0 Å². The van der Waals surface area contributed by atoms with Gasteiger partial charge in [0.15, 0.2) is 5.78 Å². The number of amidine groups is 1. The number of Topliss-reactive ketones (excluding diaryl/α,β-unsaturated/α-hetero) is 1. The molecule has 6 heteroatoms. The van der Waals surface area contributed by atoms with Crippen LogP contribution in [0.3, 0.4) is 0 Å². The number of hydrogen-bond acceptors (Lipinski definition) is 5. The summed E-state index contributed by atoms with van der Waals surface area (Å²) in [5.74, 6) is 0.903. The van der Waals surface area contributed by atoms with E-state index in [9.17, 15) is 4.79 Å². The summed E-state index contributed by atoms with van der Waals surface area (Å²) in [5, 5.41) is 7.43. The molecule has 0 amide bonds. The van der Waals surface area contributed by atoms with Crippen molar-refractivity contribution in [2.24, 2.45) is 10.7 Å². The highest BCUT2D eigenvalue weighted by Gasteiger charge is 2.22. The number of rotatable bonds is 8. The van der Waals surface area contributed by atoms with E-state index in [2.05, 4.69) is 4.99 Å². The number of nitrogen functional groups attached to an aromatic ring is 1. The SMILES string of the molecule is CCOC1C=C(OCC(=O)CC)CCC1=Nc1ccc(C(=N)N)cc1. The summed E-state index contributed by atoms with van der Waals surface area (Å²) in [6, 6.07) is 7.23. The topological polar surface area (TPSA) is 97.8 Å². The molecule has 0 heterocycles. The first-order valence-electron chi connectivity index (χ1n) is 8.52. The molecule has 0 saturated heterocycles. The van der Waals surface area contributed by atoms with Crippen LogP contribution < -0.4 is 5.73 Å². The Bertz CT molecular complexity index is 678. The van der Waals surface area contributed by atoms with E-state index in [1.807, 2.05) is 32.1 Å². The molecule has 134 valence electrons. The lowest BCUT2D eigenvalue weighted by Crippen LogP contribution is -2.27. The van der Waals surface area contributed by atoms with Crippen LogP contribution in [0.4, 0.5) is 5.69 Å². The summed E-state index contributed by atoms with van der Waals surface area (Å²) >= 11 is 0. The molecule has 1 aliphatic carbocycles. The molecule has 1 unspecified atom stereocenters. The van der Waals surface area contributed by atoms with Gasteiger partial charge in [-0.3, -0.25) is 15.2 Å². The van der Waals surface area contributed by atoms with Gasteiger partial charge in [0.05, 0.1) is 17.2 Å². The Hall–Kier alpha value is -2.47. The highest BCUT2D eigenvalue weighted by molar-refractivity contribution is 5.96. The molecule has 6 nitrogen and oxygen atoms in total. The number of carbonyl (C=O) groups is 1. The van der Waals surface area contributed by atoms with Crippen molar-refractivity contribution in [2.45, 2.75) is 39.2 Å². The number of carbonyl (C=O) groups excluding carboxylic acids is 1. The van der Waals surface area contributed by atoms with Crippen molar-refractivity contribution in [1.82, 2.24) is 0 Å². The van der Waals surface area contributed by atoms with Crippen LogP contribution in [-0.2, 0) is 14.3 Å². The van der Waals surface area contributed by atoms with E-state index >= 15 is 0 Å². The molecule has 0 fully saturated rings. The third-order valence-electron chi connectivity index (χ3n) is 3.90. The predicted octanol–water partition coefficient (Wildman–Crippen LogP) is 3.12. The minimum absolute atomic E-state index is 0.0374. The van der Waals surface area contributed by atoms with E-state index in [1.54, 1.807) is 12.1 Å². The lowest BCUT2D eigenvalue weighted by Gasteiger charge is -2.23. The zero-order chi connectivity index (χ0) is 18.2. The van der Waals surface area contributed by atoms with Crippen LogP contribution >= 0.6 is 0 Å². The zero-order valence-corrected chi connectivity index (χ0v) is 14.7. The molecule has 0 aliphatic heterocycles. The molecular formula is C19H25N3O3. The van der Waals surface area contributed by atoms with Gasteiger partial charge in [0, 0.05) is 25.0 Å². The molecule has 25 heavy (non-hydrogen) atoms. The van der Waals surface area contributed by atoms with Crippen molar-refractivity contribution in [1.29, 1.82) is 5.41 Å². The van der Waals surface area contributed by atoms with Gasteiger partial charge in [0.1, 0.15) is 18.5 Å². The number of nitrogens with zero attached hydrogens (tertiary/aromatic N) is 1. The second-order valence-corrected chi connectivity index (χ2v) is 5.75. The Morgan fingerprint density at radius 3 is 2.60 bits per heavy atom. The second-order valence-electron chi connectivity index (χ2n) is 5.75. The Morgan fingerprint density at radius 1 is 1.28 bits per heavy atom. The number of benzene rings is 1. The molecule has 1 aliphatic rings. The number of hydrogen-bond donors (Lipinski definition) is 2. The van der Waals surface area contributed by atoms with Crippen molar-refractivity contribution in [3.8, 4) is 0 Å². The predicted molar refractivity (Wildman–Crippen MR) is 98.5 cm³/mol. The third-order valence-corrected chi connectivity index (χ3v) is 3.90. The largest absolute Gasteiger partial charge is 0.490 e. The van der Waals surface area contributed by atoms with Crippen molar-refractivity contribution in [2.75, 3.05) is 13.2 Å². The molecule has 0 aromatic heterocycles. The summed E-state index contributed by atoms with van der Waals surface area (Å²) in [6.45, 7) is 4.43. The van der Waals surface area contributed by atoms with Crippen LogP contribution in [0, 0.1) is 5.41 Å². The second kappa shape index (κ2) is 9.13. The van der Waals surface area contributed by atoms with Gasteiger partial charge >= 0.3 is 0 Å². The first-order chi connectivity index (χ1) is 12.0. The van der Waals surface area contributed by atoms with Crippen molar-refractivity contribution < 1.29 is 14.3 Å². The number of ketones is 1. The Kier molecular flexibility index (Phi) is 6.89. The fourth-order valence-electron chi connectivity index (χ4n) is 2.46. The fourth-order valence-corrected chi connectivity index (χ4v) is 2.46. The fraction of sp³-hybridized carbons (Fsp3) is 0.421. The van der Waals surface area contributed by atoms with Crippen LogP contribution in [0.5, 0.6) is 0 Å². The zero-order valence-electron chi connectivity index (χ0n) is 14.7. The highest BCUT2D eigenvalue weighted by atomic mass is 16.5. The first-order valence-corrected chi connectivity index (χ1v) is 8.52. The number of nitrogens with one attached hydrogen (secondary N) is 1. The number of nitrogens with two attached hydrogens (primary N) is 1. The molecule has 2 rings (SSSR count). The first kappa shape index (κ1) is 18.9. The van der Waals surface area contributed by atoms with E-state index in [1.165, 1.54) is 0 Å². The Labute approximate surface area is 148 Å². The Balaban J connectivity index is 2.13. The summed E-state index contributed by atoms with van der Waals surface area (Å²) in [6.07, 6.45) is 3.54. The summed E-state index contributed by atoms with van der Waals surface area (Å²) in [4.78, 5) is 16.1. The van der Waals surface area contributed by atoms with Gasteiger partial charge in [-0.05, 0) is 43.7 Å². The maximum Gasteiger partial charge on any atom is 0.169 e. The van der Waals surface area contributed by atoms with Crippen molar-refractivity contribution in [3.05, 3.63) is 41.7 Å². The minimum atomic E-state index is -0.252. The van der Waals surface area contributed by atoms with E-state index in [0.29, 0.717) is 31.4 Å².